The van der Waals surface area contributed by atoms with E-state index in [2.05, 4.69) is 26.2 Å². The molecule has 0 spiro atoms. The highest BCUT2D eigenvalue weighted by Gasteiger charge is 2.01. The van der Waals surface area contributed by atoms with E-state index in [0.29, 0.717) is 0 Å². The molecule has 0 radical (unpaired) electrons. The average Bonchev–Trinajstić information content (AvgIpc) is 3.01. The fourth-order valence-corrected chi connectivity index (χ4v) is 1.90. The van der Waals surface area contributed by atoms with Gasteiger partial charge in [0.25, 0.3) is 0 Å². The Bertz CT molecular complexity index is 491. The summed E-state index contributed by atoms with van der Waals surface area (Å²) in [4.78, 5) is 4.37. The van der Waals surface area contributed by atoms with Gasteiger partial charge in [-0.05, 0) is 6.07 Å². The van der Waals surface area contributed by atoms with E-state index in [9.17, 15) is 0 Å². The lowest BCUT2D eigenvalue weighted by Gasteiger charge is -2.03. The summed E-state index contributed by atoms with van der Waals surface area (Å²) in [5.74, 6) is 0. The summed E-state index contributed by atoms with van der Waals surface area (Å²) in [5, 5.41) is 7.44. The Morgan fingerprint density at radius 2 is 2.32 bits per heavy atom. The van der Waals surface area contributed by atoms with Gasteiger partial charge in [-0.3, -0.25) is 4.68 Å². The first-order valence-corrected chi connectivity index (χ1v) is 6.47. The van der Waals surface area contributed by atoms with E-state index < -0.39 is 0 Å². The first-order valence-electron chi connectivity index (χ1n) is 6.47. The molecule has 0 aromatic carbocycles. The fraction of sp³-hybridized carbons (Fsp3) is 0.538. The first kappa shape index (κ1) is 13.8. The van der Waals surface area contributed by atoms with Crippen LogP contribution in [0.3, 0.4) is 0 Å². The summed E-state index contributed by atoms with van der Waals surface area (Å²) < 4.78 is 9.00. The van der Waals surface area contributed by atoms with Crippen LogP contribution in [0.2, 0.25) is 0 Å². The molecule has 0 saturated carbocycles. The number of hydrogen-bond donors (Lipinski definition) is 1. The van der Waals surface area contributed by atoms with E-state index in [0.717, 1.165) is 38.4 Å². The van der Waals surface area contributed by atoms with Crippen LogP contribution in [0.1, 0.15) is 11.4 Å². The summed E-state index contributed by atoms with van der Waals surface area (Å²) in [6.07, 6.45) is 6.75. The van der Waals surface area contributed by atoms with Gasteiger partial charge in [-0.15, -0.1) is 0 Å². The fourth-order valence-electron chi connectivity index (χ4n) is 1.90. The largest absolute Gasteiger partial charge is 0.383 e. The van der Waals surface area contributed by atoms with Gasteiger partial charge in [0.2, 0.25) is 0 Å². The quantitative estimate of drug-likeness (QED) is 0.708. The van der Waals surface area contributed by atoms with E-state index in [1.54, 1.807) is 7.11 Å². The van der Waals surface area contributed by atoms with Gasteiger partial charge in [0.05, 0.1) is 18.6 Å². The van der Waals surface area contributed by atoms with Crippen molar-refractivity contribution in [1.29, 1.82) is 0 Å². The topological polar surface area (TPSA) is 56.9 Å². The molecule has 0 aliphatic carbocycles. The highest BCUT2D eigenvalue weighted by atomic mass is 16.5. The van der Waals surface area contributed by atoms with Crippen LogP contribution < -0.4 is 5.32 Å². The standard InChI is InChI=1S/C13H21N5O/c1-17-13(3-5-16-17)4-7-18-10-12(15-11-18)9-14-6-8-19-2/h3,5,10-11,14H,4,6-9H2,1-2H3. The molecule has 6 heteroatoms. The normalized spacial score (nSPS) is 11.1. The number of methoxy groups -OCH3 is 1. The molecule has 0 saturated heterocycles. The second-order valence-electron chi connectivity index (χ2n) is 4.47. The molecular weight excluding hydrogens is 242 g/mol. The van der Waals surface area contributed by atoms with Crippen LogP contribution in [-0.2, 0) is 31.3 Å². The third-order valence-electron chi connectivity index (χ3n) is 3.02. The molecule has 0 amide bonds. The molecule has 6 nitrogen and oxygen atoms in total. The van der Waals surface area contributed by atoms with Crippen LogP contribution in [-0.4, -0.2) is 39.6 Å². The summed E-state index contributed by atoms with van der Waals surface area (Å²) in [6.45, 7) is 3.27. The van der Waals surface area contributed by atoms with Crippen LogP contribution in [0.4, 0.5) is 0 Å². The smallest absolute Gasteiger partial charge is 0.0950 e. The molecule has 0 aliphatic heterocycles. The Morgan fingerprint density at radius 3 is 3.05 bits per heavy atom. The van der Waals surface area contributed by atoms with Crippen molar-refractivity contribution in [3.8, 4) is 0 Å². The van der Waals surface area contributed by atoms with Crippen LogP contribution in [0, 0.1) is 0 Å². The first-order chi connectivity index (χ1) is 9.29. The molecule has 0 aliphatic rings. The number of hydrogen-bond acceptors (Lipinski definition) is 4. The number of ether oxygens (including phenoxy) is 1. The number of aryl methyl sites for hydroxylation is 3. The maximum Gasteiger partial charge on any atom is 0.0950 e. The Kier molecular flexibility index (Phi) is 5.11. The minimum Gasteiger partial charge on any atom is -0.383 e. The molecule has 2 aromatic heterocycles. The van der Waals surface area contributed by atoms with Crippen molar-refractivity contribution in [2.75, 3.05) is 20.3 Å². The van der Waals surface area contributed by atoms with Crippen molar-refractivity contribution < 1.29 is 4.74 Å². The molecular formula is C13H21N5O. The predicted molar refractivity (Wildman–Crippen MR) is 72.7 cm³/mol. The lowest BCUT2D eigenvalue weighted by atomic mass is 10.3. The molecule has 104 valence electrons. The third kappa shape index (κ3) is 4.18. The summed E-state index contributed by atoms with van der Waals surface area (Å²) in [5.41, 5.74) is 2.29. The van der Waals surface area contributed by atoms with Crippen LogP contribution in [0.15, 0.2) is 24.8 Å². The van der Waals surface area contributed by atoms with E-state index in [4.69, 9.17) is 4.74 Å². The summed E-state index contributed by atoms with van der Waals surface area (Å²) >= 11 is 0. The molecule has 0 bridgehead atoms. The number of aromatic nitrogens is 4. The van der Waals surface area contributed by atoms with E-state index in [1.807, 2.05) is 30.3 Å². The Balaban J connectivity index is 1.76. The van der Waals surface area contributed by atoms with E-state index in [-0.39, 0.29) is 0 Å². The lowest BCUT2D eigenvalue weighted by molar-refractivity contribution is 0.199. The van der Waals surface area contributed by atoms with Crippen LogP contribution in [0.25, 0.3) is 0 Å². The maximum atomic E-state index is 4.98. The molecule has 0 atom stereocenters. The molecule has 0 fully saturated rings. The zero-order valence-corrected chi connectivity index (χ0v) is 11.5. The van der Waals surface area contributed by atoms with Gasteiger partial charge < -0.3 is 14.6 Å². The second kappa shape index (κ2) is 7.06. The number of nitrogens with zero attached hydrogens (tertiary/aromatic N) is 4. The monoisotopic (exact) mass is 263 g/mol. The average molecular weight is 263 g/mol. The molecule has 1 N–H and O–H groups in total. The van der Waals surface area contributed by atoms with Crippen molar-refractivity contribution in [1.82, 2.24) is 24.6 Å². The SMILES string of the molecule is COCCNCc1cn(CCc2ccnn2C)cn1. The zero-order valence-electron chi connectivity index (χ0n) is 11.5. The van der Waals surface area contributed by atoms with Gasteiger partial charge in [-0.2, -0.15) is 5.10 Å². The van der Waals surface area contributed by atoms with Gasteiger partial charge in [-0.25, -0.2) is 4.98 Å². The number of rotatable bonds is 8. The third-order valence-corrected chi connectivity index (χ3v) is 3.02. The van der Waals surface area contributed by atoms with Crippen molar-refractivity contribution in [2.45, 2.75) is 19.5 Å². The van der Waals surface area contributed by atoms with E-state index >= 15 is 0 Å². The maximum absolute atomic E-state index is 4.98. The van der Waals surface area contributed by atoms with Crippen molar-refractivity contribution in [3.63, 3.8) is 0 Å². The minimum absolute atomic E-state index is 0.723. The second-order valence-corrected chi connectivity index (χ2v) is 4.47. The minimum atomic E-state index is 0.723. The Morgan fingerprint density at radius 1 is 1.42 bits per heavy atom. The van der Waals surface area contributed by atoms with Gasteiger partial charge in [0.15, 0.2) is 0 Å². The lowest BCUT2D eigenvalue weighted by Crippen LogP contribution is -2.18. The predicted octanol–water partition coefficient (Wildman–Crippen LogP) is 0.595. The van der Waals surface area contributed by atoms with Crippen molar-refractivity contribution in [2.24, 2.45) is 7.05 Å². The number of imidazole rings is 1. The number of nitrogens with one attached hydrogen (secondary N) is 1. The van der Waals surface area contributed by atoms with Crippen molar-refractivity contribution >= 4 is 0 Å². The van der Waals surface area contributed by atoms with Crippen LogP contribution >= 0.6 is 0 Å². The highest BCUT2D eigenvalue weighted by molar-refractivity contribution is 5.01. The van der Waals surface area contributed by atoms with E-state index in [1.165, 1.54) is 5.69 Å². The Hall–Kier alpha value is -1.66. The van der Waals surface area contributed by atoms with Gasteiger partial charge in [0, 0.05) is 58.3 Å². The summed E-state index contributed by atoms with van der Waals surface area (Å²) in [7, 11) is 3.67. The molecule has 2 heterocycles. The Labute approximate surface area is 113 Å². The molecule has 2 rings (SSSR count). The van der Waals surface area contributed by atoms with Gasteiger partial charge in [-0.1, -0.05) is 0 Å². The van der Waals surface area contributed by atoms with Gasteiger partial charge >= 0.3 is 0 Å². The van der Waals surface area contributed by atoms with Crippen LogP contribution in [0.5, 0.6) is 0 Å². The molecule has 19 heavy (non-hydrogen) atoms. The summed E-state index contributed by atoms with van der Waals surface area (Å²) in [6, 6.07) is 2.05. The van der Waals surface area contributed by atoms with Crippen molar-refractivity contribution in [3.05, 3.63) is 36.2 Å². The highest BCUT2D eigenvalue weighted by Crippen LogP contribution is 2.02. The zero-order chi connectivity index (χ0) is 13.5. The van der Waals surface area contributed by atoms with Gasteiger partial charge in [0.1, 0.15) is 0 Å². The molecule has 2 aromatic rings. The molecule has 0 unspecified atom stereocenters.